The smallest absolute Gasteiger partial charge is 0.305 e. The van der Waals surface area contributed by atoms with Gasteiger partial charge in [0, 0.05) is 19.2 Å². The molecule has 0 spiro atoms. The molecule has 6 heteroatoms. The predicted octanol–water partition coefficient (Wildman–Crippen LogP) is 3.64. The summed E-state index contributed by atoms with van der Waals surface area (Å²) >= 11 is 9.19. The van der Waals surface area contributed by atoms with E-state index in [1.165, 1.54) is 7.11 Å². The molecule has 0 fully saturated rings. The fraction of sp³-hybridized carbons (Fsp3) is 0.500. The number of nitrogens with one attached hydrogen (secondary N) is 1. The first kappa shape index (κ1) is 15.2. The SMILES string of the molecule is COC(=O)CCCCCNc1ncc(Cl)cc1Br. The first-order chi connectivity index (χ1) is 8.63. The van der Waals surface area contributed by atoms with E-state index in [1.807, 2.05) is 0 Å². The Labute approximate surface area is 120 Å². The van der Waals surface area contributed by atoms with Crippen LogP contribution >= 0.6 is 27.5 Å². The fourth-order valence-corrected chi connectivity index (χ4v) is 2.20. The minimum Gasteiger partial charge on any atom is -0.469 e. The number of rotatable bonds is 7. The van der Waals surface area contributed by atoms with Crippen molar-refractivity contribution >= 4 is 39.3 Å². The number of hydrogen-bond donors (Lipinski definition) is 1. The molecule has 0 bridgehead atoms. The maximum absolute atomic E-state index is 10.9. The van der Waals surface area contributed by atoms with Crippen LogP contribution in [-0.2, 0) is 9.53 Å². The van der Waals surface area contributed by atoms with E-state index in [0.717, 1.165) is 36.1 Å². The van der Waals surface area contributed by atoms with Crippen molar-refractivity contribution in [2.75, 3.05) is 19.0 Å². The number of esters is 1. The monoisotopic (exact) mass is 334 g/mol. The minimum absolute atomic E-state index is 0.148. The summed E-state index contributed by atoms with van der Waals surface area (Å²) in [4.78, 5) is 15.0. The van der Waals surface area contributed by atoms with Crippen LogP contribution in [0.15, 0.2) is 16.7 Å². The normalized spacial score (nSPS) is 10.2. The van der Waals surface area contributed by atoms with E-state index in [9.17, 15) is 4.79 Å². The summed E-state index contributed by atoms with van der Waals surface area (Å²) in [5.41, 5.74) is 0. The maximum Gasteiger partial charge on any atom is 0.305 e. The van der Waals surface area contributed by atoms with Gasteiger partial charge in [-0.25, -0.2) is 4.98 Å². The molecule has 0 radical (unpaired) electrons. The first-order valence-electron chi connectivity index (χ1n) is 5.75. The lowest BCUT2D eigenvalue weighted by Crippen LogP contribution is -2.05. The number of pyridine rings is 1. The zero-order valence-electron chi connectivity index (χ0n) is 10.2. The number of hydrogen-bond acceptors (Lipinski definition) is 4. The third-order valence-corrected chi connectivity index (χ3v) is 3.20. The van der Waals surface area contributed by atoms with E-state index in [0.29, 0.717) is 11.4 Å². The zero-order chi connectivity index (χ0) is 13.4. The van der Waals surface area contributed by atoms with Gasteiger partial charge in [-0.3, -0.25) is 4.79 Å². The largest absolute Gasteiger partial charge is 0.469 e. The summed E-state index contributed by atoms with van der Waals surface area (Å²) in [6, 6.07) is 1.80. The van der Waals surface area contributed by atoms with E-state index < -0.39 is 0 Å². The number of halogens is 2. The quantitative estimate of drug-likeness (QED) is 0.610. The van der Waals surface area contributed by atoms with Crippen molar-refractivity contribution in [1.29, 1.82) is 0 Å². The summed E-state index contributed by atoms with van der Waals surface area (Å²) in [6.07, 6.45) is 4.90. The molecule has 1 N–H and O–H groups in total. The average Bonchev–Trinajstić information content (AvgIpc) is 2.35. The highest BCUT2D eigenvalue weighted by Gasteiger charge is 2.02. The molecule has 0 aliphatic rings. The van der Waals surface area contributed by atoms with Gasteiger partial charge in [-0.1, -0.05) is 18.0 Å². The van der Waals surface area contributed by atoms with Crippen LogP contribution in [0.4, 0.5) is 5.82 Å². The van der Waals surface area contributed by atoms with Gasteiger partial charge in [-0.05, 0) is 34.8 Å². The highest BCUT2D eigenvalue weighted by Crippen LogP contribution is 2.23. The second-order valence-corrected chi connectivity index (χ2v) is 5.09. The number of carbonyl (C=O) groups excluding carboxylic acids is 1. The van der Waals surface area contributed by atoms with Crippen molar-refractivity contribution in [1.82, 2.24) is 4.98 Å². The average molecular weight is 336 g/mol. The Hall–Kier alpha value is -0.810. The number of carbonyl (C=O) groups is 1. The highest BCUT2D eigenvalue weighted by atomic mass is 79.9. The van der Waals surface area contributed by atoms with Gasteiger partial charge >= 0.3 is 5.97 Å². The summed E-state index contributed by atoms with van der Waals surface area (Å²) in [6.45, 7) is 0.814. The number of anilines is 1. The molecule has 0 aliphatic heterocycles. The Morgan fingerprint density at radius 3 is 2.94 bits per heavy atom. The van der Waals surface area contributed by atoms with Crippen LogP contribution in [0.25, 0.3) is 0 Å². The van der Waals surface area contributed by atoms with Crippen LogP contribution in [0.2, 0.25) is 5.02 Å². The molecule has 18 heavy (non-hydrogen) atoms. The molecule has 100 valence electrons. The molecule has 1 aromatic heterocycles. The second-order valence-electron chi connectivity index (χ2n) is 3.80. The number of unbranched alkanes of at least 4 members (excludes halogenated alkanes) is 2. The molecular weight excluding hydrogens is 320 g/mol. The molecular formula is C12H16BrClN2O2. The molecule has 4 nitrogen and oxygen atoms in total. The van der Waals surface area contributed by atoms with Crippen molar-refractivity contribution in [3.63, 3.8) is 0 Å². The van der Waals surface area contributed by atoms with Crippen molar-refractivity contribution in [2.45, 2.75) is 25.7 Å². The van der Waals surface area contributed by atoms with Crippen molar-refractivity contribution in [2.24, 2.45) is 0 Å². The predicted molar refractivity (Wildman–Crippen MR) is 75.9 cm³/mol. The van der Waals surface area contributed by atoms with Crippen LogP contribution in [0.3, 0.4) is 0 Å². The molecule has 1 heterocycles. The van der Waals surface area contributed by atoms with Crippen LogP contribution in [0, 0.1) is 0 Å². The van der Waals surface area contributed by atoms with Crippen molar-refractivity contribution < 1.29 is 9.53 Å². The summed E-state index contributed by atoms with van der Waals surface area (Å²) in [5.74, 6) is 0.637. The Morgan fingerprint density at radius 2 is 2.28 bits per heavy atom. The number of aromatic nitrogens is 1. The van der Waals surface area contributed by atoms with E-state index >= 15 is 0 Å². The van der Waals surface area contributed by atoms with E-state index in [-0.39, 0.29) is 5.97 Å². The summed E-state index contributed by atoms with van der Waals surface area (Å²) in [5, 5.41) is 3.81. The minimum atomic E-state index is -0.148. The highest BCUT2D eigenvalue weighted by molar-refractivity contribution is 9.10. The van der Waals surface area contributed by atoms with Gasteiger partial charge in [0.1, 0.15) is 5.82 Å². The molecule has 0 saturated carbocycles. The topological polar surface area (TPSA) is 51.2 Å². The molecule has 0 atom stereocenters. The van der Waals surface area contributed by atoms with Gasteiger partial charge in [0.05, 0.1) is 16.6 Å². The number of methoxy groups -OCH3 is 1. The molecule has 0 aliphatic carbocycles. The maximum atomic E-state index is 10.9. The number of nitrogens with zero attached hydrogens (tertiary/aromatic N) is 1. The lowest BCUT2D eigenvalue weighted by Gasteiger charge is -2.07. The third-order valence-electron chi connectivity index (χ3n) is 2.39. The Bertz CT molecular complexity index is 402. The first-order valence-corrected chi connectivity index (χ1v) is 6.92. The van der Waals surface area contributed by atoms with Gasteiger partial charge < -0.3 is 10.1 Å². The van der Waals surface area contributed by atoms with Gasteiger partial charge in [0.2, 0.25) is 0 Å². The summed E-state index contributed by atoms with van der Waals surface area (Å²) in [7, 11) is 1.41. The van der Waals surface area contributed by atoms with Crippen LogP contribution in [-0.4, -0.2) is 24.6 Å². The molecule has 0 aromatic carbocycles. The van der Waals surface area contributed by atoms with Gasteiger partial charge in [0.15, 0.2) is 0 Å². The second kappa shape index (κ2) is 8.32. The zero-order valence-corrected chi connectivity index (χ0v) is 12.6. The molecule has 0 saturated heterocycles. The van der Waals surface area contributed by atoms with Crippen molar-refractivity contribution in [3.8, 4) is 0 Å². The van der Waals surface area contributed by atoms with Crippen LogP contribution in [0.5, 0.6) is 0 Å². The van der Waals surface area contributed by atoms with Crippen LogP contribution < -0.4 is 5.32 Å². The Kier molecular flexibility index (Phi) is 7.05. The van der Waals surface area contributed by atoms with E-state index in [2.05, 4.69) is 31.0 Å². The summed E-state index contributed by atoms with van der Waals surface area (Å²) < 4.78 is 5.42. The molecule has 1 rings (SSSR count). The van der Waals surface area contributed by atoms with E-state index in [4.69, 9.17) is 11.6 Å². The van der Waals surface area contributed by atoms with Crippen LogP contribution in [0.1, 0.15) is 25.7 Å². The molecule has 0 amide bonds. The Morgan fingerprint density at radius 1 is 1.50 bits per heavy atom. The van der Waals surface area contributed by atoms with Gasteiger partial charge in [0.25, 0.3) is 0 Å². The standard InChI is InChI=1S/C12H16BrClN2O2/c1-18-11(17)5-3-2-4-6-15-12-10(13)7-9(14)8-16-12/h7-8H,2-6H2,1H3,(H,15,16). The van der Waals surface area contributed by atoms with Gasteiger partial charge in [-0.15, -0.1) is 0 Å². The molecule has 0 unspecified atom stereocenters. The molecule has 1 aromatic rings. The third kappa shape index (κ3) is 5.69. The van der Waals surface area contributed by atoms with E-state index in [1.54, 1.807) is 12.3 Å². The van der Waals surface area contributed by atoms with Crippen molar-refractivity contribution in [3.05, 3.63) is 21.8 Å². The number of ether oxygens (including phenoxy) is 1. The lowest BCUT2D eigenvalue weighted by atomic mass is 10.2. The fourth-order valence-electron chi connectivity index (χ4n) is 1.42. The Balaban J connectivity index is 2.16. The van der Waals surface area contributed by atoms with Gasteiger partial charge in [-0.2, -0.15) is 0 Å². The lowest BCUT2D eigenvalue weighted by molar-refractivity contribution is -0.140.